The topological polar surface area (TPSA) is 69.4 Å². The Morgan fingerprint density at radius 1 is 1.18 bits per heavy atom. The molecule has 2 N–H and O–H groups in total. The Morgan fingerprint density at radius 3 is 2.53 bits per heavy atom. The molecule has 90 valence electrons. The van der Waals surface area contributed by atoms with Gasteiger partial charge < -0.3 is 5.73 Å². The molecule has 4 nitrogen and oxygen atoms in total. The SMILES string of the molecule is COS(=O)(=O)c1ccc2c(N)c(C)ccc2c1. The second-order valence-corrected chi connectivity index (χ2v) is 5.51. The molecule has 0 heterocycles. The first-order valence-electron chi connectivity index (χ1n) is 5.05. The second kappa shape index (κ2) is 4.01. The lowest BCUT2D eigenvalue weighted by atomic mass is 10.1. The van der Waals surface area contributed by atoms with Gasteiger partial charge in [0.15, 0.2) is 0 Å². The molecule has 0 radical (unpaired) electrons. The summed E-state index contributed by atoms with van der Waals surface area (Å²) in [6.45, 7) is 1.91. The van der Waals surface area contributed by atoms with E-state index < -0.39 is 10.1 Å². The monoisotopic (exact) mass is 251 g/mol. The summed E-state index contributed by atoms with van der Waals surface area (Å²) in [5.74, 6) is 0. The van der Waals surface area contributed by atoms with Crippen LogP contribution in [-0.2, 0) is 14.3 Å². The van der Waals surface area contributed by atoms with Crippen molar-refractivity contribution < 1.29 is 12.6 Å². The standard InChI is InChI=1S/C12H13NO3S/c1-8-3-4-9-7-10(17(14,15)16-2)5-6-11(9)12(8)13/h3-7H,13H2,1-2H3. The zero-order valence-electron chi connectivity index (χ0n) is 9.60. The minimum atomic E-state index is -3.65. The minimum Gasteiger partial charge on any atom is -0.398 e. The summed E-state index contributed by atoms with van der Waals surface area (Å²) in [7, 11) is -2.51. The normalized spacial score (nSPS) is 11.9. The lowest BCUT2D eigenvalue weighted by Gasteiger charge is -2.07. The maximum Gasteiger partial charge on any atom is 0.296 e. The number of aryl methyl sites for hydroxylation is 1. The van der Waals surface area contributed by atoms with E-state index in [0.717, 1.165) is 23.4 Å². The maximum atomic E-state index is 11.5. The lowest BCUT2D eigenvalue weighted by molar-refractivity contribution is 0.398. The van der Waals surface area contributed by atoms with Crippen molar-refractivity contribution in [2.24, 2.45) is 0 Å². The Labute approximate surface area is 100 Å². The van der Waals surface area contributed by atoms with Crippen LogP contribution in [-0.4, -0.2) is 15.5 Å². The molecule has 0 saturated carbocycles. The van der Waals surface area contributed by atoms with Gasteiger partial charge in [-0.2, -0.15) is 8.42 Å². The Morgan fingerprint density at radius 2 is 1.88 bits per heavy atom. The van der Waals surface area contributed by atoms with E-state index in [1.54, 1.807) is 12.1 Å². The summed E-state index contributed by atoms with van der Waals surface area (Å²) in [6, 6.07) is 8.46. The first-order chi connectivity index (χ1) is 7.95. The fourth-order valence-corrected chi connectivity index (χ4v) is 2.39. The first-order valence-corrected chi connectivity index (χ1v) is 6.46. The van der Waals surface area contributed by atoms with Crippen LogP contribution < -0.4 is 5.73 Å². The van der Waals surface area contributed by atoms with Crippen molar-refractivity contribution in [2.75, 3.05) is 12.8 Å². The van der Waals surface area contributed by atoms with E-state index >= 15 is 0 Å². The molecule has 0 aliphatic heterocycles. The molecule has 5 heteroatoms. The van der Waals surface area contributed by atoms with Crippen LogP contribution in [0.4, 0.5) is 5.69 Å². The van der Waals surface area contributed by atoms with Crippen LogP contribution in [0, 0.1) is 6.92 Å². The summed E-state index contributed by atoms with van der Waals surface area (Å²) in [5, 5.41) is 1.63. The highest BCUT2D eigenvalue weighted by atomic mass is 32.2. The molecule has 0 saturated heterocycles. The highest BCUT2D eigenvalue weighted by molar-refractivity contribution is 7.86. The number of anilines is 1. The Balaban J connectivity index is 2.73. The highest BCUT2D eigenvalue weighted by Crippen LogP contribution is 2.27. The van der Waals surface area contributed by atoms with E-state index in [1.165, 1.54) is 6.07 Å². The van der Waals surface area contributed by atoms with Crippen LogP contribution in [0.5, 0.6) is 0 Å². The average molecular weight is 251 g/mol. The van der Waals surface area contributed by atoms with Crippen LogP contribution in [0.15, 0.2) is 35.2 Å². The lowest BCUT2D eigenvalue weighted by Crippen LogP contribution is -2.02. The van der Waals surface area contributed by atoms with Gasteiger partial charge >= 0.3 is 0 Å². The van der Waals surface area contributed by atoms with Crippen molar-refractivity contribution in [1.29, 1.82) is 0 Å². The first kappa shape index (κ1) is 11.9. The Kier molecular flexibility index (Phi) is 2.81. The number of fused-ring (bicyclic) bond motifs is 1. The van der Waals surface area contributed by atoms with Gasteiger partial charge in [-0.25, -0.2) is 0 Å². The third-order valence-electron chi connectivity index (χ3n) is 2.76. The predicted octanol–water partition coefficient (Wildman–Crippen LogP) is 2.07. The fourth-order valence-electron chi connectivity index (χ4n) is 1.69. The van der Waals surface area contributed by atoms with Crippen molar-refractivity contribution in [3.8, 4) is 0 Å². The van der Waals surface area contributed by atoms with Crippen LogP contribution in [0.2, 0.25) is 0 Å². The zero-order valence-corrected chi connectivity index (χ0v) is 10.4. The molecule has 2 aromatic rings. The van der Waals surface area contributed by atoms with Crippen molar-refractivity contribution in [2.45, 2.75) is 11.8 Å². The molecule has 17 heavy (non-hydrogen) atoms. The molecule has 0 amide bonds. The molecule has 0 bridgehead atoms. The molecule has 0 aliphatic carbocycles. The summed E-state index contributed by atoms with van der Waals surface area (Å²) in [6.07, 6.45) is 0. The van der Waals surface area contributed by atoms with E-state index in [4.69, 9.17) is 5.73 Å². The van der Waals surface area contributed by atoms with Gasteiger partial charge in [-0.05, 0) is 30.0 Å². The number of hydrogen-bond donors (Lipinski definition) is 1. The van der Waals surface area contributed by atoms with Gasteiger partial charge in [0.1, 0.15) is 0 Å². The number of benzene rings is 2. The summed E-state index contributed by atoms with van der Waals surface area (Å²) in [5.41, 5.74) is 7.57. The molecular formula is C12H13NO3S. The molecule has 0 fully saturated rings. The molecule has 0 atom stereocenters. The van der Waals surface area contributed by atoms with E-state index in [9.17, 15) is 8.42 Å². The van der Waals surface area contributed by atoms with Gasteiger partial charge in [0.05, 0.1) is 12.0 Å². The van der Waals surface area contributed by atoms with Crippen LogP contribution >= 0.6 is 0 Å². The van der Waals surface area contributed by atoms with Crippen molar-refractivity contribution in [1.82, 2.24) is 0 Å². The Bertz CT molecular complexity index is 677. The van der Waals surface area contributed by atoms with Crippen molar-refractivity contribution in [3.05, 3.63) is 35.9 Å². The van der Waals surface area contributed by atoms with Crippen molar-refractivity contribution in [3.63, 3.8) is 0 Å². The third kappa shape index (κ3) is 1.99. The van der Waals surface area contributed by atoms with Crippen LogP contribution in [0.25, 0.3) is 10.8 Å². The quantitative estimate of drug-likeness (QED) is 0.655. The molecule has 2 aromatic carbocycles. The summed E-state index contributed by atoms with van der Waals surface area (Å²) >= 11 is 0. The molecule has 0 spiro atoms. The van der Waals surface area contributed by atoms with E-state index in [1.807, 2.05) is 19.1 Å². The number of nitrogen functional groups attached to an aromatic ring is 1. The fraction of sp³-hybridized carbons (Fsp3) is 0.167. The number of rotatable bonds is 2. The third-order valence-corrected chi connectivity index (χ3v) is 4.03. The molecule has 0 aromatic heterocycles. The minimum absolute atomic E-state index is 0.135. The van der Waals surface area contributed by atoms with Gasteiger partial charge in [-0.3, -0.25) is 4.18 Å². The van der Waals surface area contributed by atoms with E-state index in [2.05, 4.69) is 4.18 Å². The summed E-state index contributed by atoms with van der Waals surface area (Å²) < 4.78 is 27.6. The predicted molar refractivity (Wildman–Crippen MR) is 67.3 cm³/mol. The van der Waals surface area contributed by atoms with E-state index in [-0.39, 0.29) is 4.90 Å². The van der Waals surface area contributed by atoms with Gasteiger partial charge in [-0.1, -0.05) is 18.2 Å². The zero-order chi connectivity index (χ0) is 12.6. The van der Waals surface area contributed by atoms with Gasteiger partial charge in [0.2, 0.25) is 0 Å². The number of hydrogen-bond acceptors (Lipinski definition) is 4. The second-order valence-electron chi connectivity index (χ2n) is 3.80. The van der Waals surface area contributed by atoms with E-state index in [0.29, 0.717) is 5.69 Å². The molecule has 2 rings (SSSR count). The van der Waals surface area contributed by atoms with Crippen molar-refractivity contribution >= 4 is 26.6 Å². The van der Waals surface area contributed by atoms with Gasteiger partial charge in [0.25, 0.3) is 10.1 Å². The van der Waals surface area contributed by atoms with Crippen LogP contribution in [0.3, 0.4) is 0 Å². The molecular weight excluding hydrogens is 238 g/mol. The smallest absolute Gasteiger partial charge is 0.296 e. The largest absolute Gasteiger partial charge is 0.398 e. The molecule has 0 aliphatic rings. The van der Waals surface area contributed by atoms with Crippen LogP contribution in [0.1, 0.15) is 5.56 Å². The summed E-state index contributed by atoms with van der Waals surface area (Å²) in [4.78, 5) is 0.135. The maximum absolute atomic E-state index is 11.5. The molecule has 0 unspecified atom stereocenters. The number of nitrogens with two attached hydrogens (primary N) is 1. The van der Waals surface area contributed by atoms with Gasteiger partial charge in [-0.15, -0.1) is 0 Å². The average Bonchev–Trinajstić information content (AvgIpc) is 2.33. The van der Waals surface area contributed by atoms with Gasteiger partial charge in [0, 0.05) is 11.1 Å². The Hall–Kier alpha value is -1.59. The highest BCUT2D eigenvalue weighted by Gasteiger charge is 2.13.